The third-order valence-corrected chi connectivity index (χ3v) is 2.18. The minimum Gasteiger partial charge on any atom is -0.338 e. The zero-order valence-corrected chi connectivity index (χ0v) is 8.01. The topological polar surface area (TPSA) is 37.8 Å². The van der Waals surface area contributed by atoms with E-state index >= 15 is 0 Å². The van der Waals surface area contributed by atoms with Crippen LogP contribution >= 0.6 is 11.5 Å². The van der Waals surface area contributed by atoms with E-state index in [4.69, 9.17) is 0 Å². The molecule has 0 saturated carbocycles. The summed E-state index contributed by atoms with van der Waals surface area (Å²) in [6.07, 6.45) is 1.80. The molecule has 0 aliphatic carbocycles. The van der Waals surface area contributed by atoms with E-state index in [1.807, 2.05) is 30.5 Å². The van der Waals surface area contributed by atoms with Gasteiger partial charge in [0.1, 0.15) is 5.82 Å². The van der Waals surface area contributed by atoms with E-state index in [1.54, 1.807) is 6.20 Å². The van der Waals surface area contributed by atoms with Gasteiger partial charge in [0.15, 0.2) is 0 Å². The van der Waals surface area contributed by atoms with Crippen molar-refractivity contribution in [3.63, 3.8) is 0 Å². The van der Waals surface area contributed by atoms with Crippen LogP contribution in [0.25, 0.3) is 0 Å². The number of anilines is 2. The first kappa shape index (κ1) is 8.19. The summed E-state index contributed by atoms with van der Waals surface area (Å²) in [5, 5.41) is 5.08. The van der Waals surface area contributed by atoms with Gasteiger partial charge in [-0.15, -0.1) is 0 Å². The lowest BCUT2D eigenvalue weighted by Gasteiger charge is -2.01. The average molecular weight is 191 g/mol. The van der Waals surface area contributed by atoms with Crippen LogP contribution in [-0.4, -0.2) is 9.36 Å². The molecular formula is C9H9N3S. The molecule has 66 valence electrons. The predicted octanol–water partition coefficient (Wildman–Crippen LogP) is 2.59. The quantitative estimate of drug-likeness (QED) is 0.792. The summed E-state index contributed by atoms with van der Waals surface area (Å²) in [6.45, 7) is 1.96. The molecule has 0 fully saturated rings. The molecule has 2 aromatic rings. The largest absolute Gasteiger partial charge is 0.338 e. The fourth-order valence-corrected chi connectivity index (χ4v) is 1.44. The molecule has 2 aromatic heterocycles. The lowest BCUT2D eigenvalue weighted by molar-refractivity contribution is 1.20. The van der Waals surface area contributed by atoms with Gasteiger partial charge in [0.2, 0.25) is 0 Å². The number of nitrogens with one attached hydrogen (secondary N) is 1. The first-order valence-electron chi connectivity index (χ1n) is 3.95. The van der Waals surface area contributed by atoms with Crippen LogP contribution in [0.4, 0.5) is 11.5 Å². The average Bonchev–Trinajstić information content (AvgIpc) is 2.62. The summed E-state index contributed by atoms with van der Waals surface area (Å²) in [5.41, 5.74) is 1.99. The summed E-state index contributed by atoms with van der Waals surface area (Å²) >= 11 is 1.43. The SMILES string of the molecule is Cc1ccc(Nc2ccsn2)cn1. The normalized spacial score (nSPS) is 9.92. The Bertz CT molecular complexity index is 366. The van der Waals surface area contributed by atoms with Crippen LogP contribution in [0, 0.1) is 6.92 Å². The van der Waals surface area contributed by atoms with Gasteiger partial charge >= 0.3 is 0 Å². The van der Waals surface area contributed by atoms with Gasteiger partial charge in [-0.05, 0) is 36.7 Å². The Morgan fingerprint density at radius 1 is 1.31 bits per heavy atom. The van der Waals surface area contributed by atoms with Crippen molar-refractivity contribution in [3.8, 4) is 0 Å². The number of hydrogen-bond donors (Lipinski definition) is 1. The molecule has 1 N–H and O–H groups in total. The molecule has 0 aromatic carbocycles. The van der Waals surface area contributed by atoms with E-state index in [1.165, 1.54) is 11.5 Å². The van der Waals surface area contributed by atoms with Gasteiger partial charge in [0.05, 0.1) is 11.9 Å². The van der Waals surface area contributed by atoms with E-state index in [9.17, 15) is 0 Å². The van der Waals surface area contributed by atoms with Crippen molar-refractivity contribution >= 4 is 23.0 Å². The van der Waals surface area contributed by atoms with E-state index in [0.717, 1.165) is 17.2 Å². The smallest absolute Gasteiger partial charge is 0.144 e. The highest BCUT2D eigenvalue weighted by atomic mass is 32.1. The highest BCUT2D eigenvalue weighted by molar-refractivity contribution is 7.03. The monoisotopic (exact) mass is 191 g/mol. The fraction of sp³-hybridized carbons (Fsp3) is 0.111. The van der Waals surface area contributed by atoms with Crippen molar-refractivity contribution in [2.24, 2.45) is 0 Å². The summed E-state index contributed by atoms with van der Waals surface area (Å²) in [6, 6.07) is 5.89. The Balaban J connectivity index is 2.15. The van der Waals surface area contributed by atoms with Crippen LogP contribution in [0.15, 0.2) is 29.8 Å². The van der Waals surface area contributed by atoms with Gasteiger partial charge in [-0.3, -0.25) is 4.98 Å². The third kappa shape index (κ3) is 2.03. The Kier molecular flexibility index (Phi) is 2.23. The maximum atomic E-state index is 4.17. The lowest BCUT2D eigenvalue weighted by Crippen LogP contribution is -1.90. The summed E-state index contributed by atoms with van der Waals surface area (Å²) < 4.78 is 4.14. The van der Waals surface area contributed by atoms with Crippen LogP contribution in [0.3, 0.4) is 0 Å². The predicted molar refractivity (Wildman–Crippen MR) is 54.4 cm³/mol. The van der Waals surface area contributed by atoms with Gasteiger partial charge in [0, 0.05) is 11.1 Å². The molecule has 0 atom stereocenters. The number of rotatable bonds is 2. The molecule has 0 spiro atoms. The van der Waals surface area contributed by atoms with Gasteiger partial charge < -0.3 is 5.32 Å². The van der Waals surface area contributed by atoms with Crippen molar-refractivity contribution < 1.29 is 0 Å². The van der Waals surface area contributed by atoms with Crippen molar-refractivity contribution in [3.05, 3.63) is 35.5 Å². The Labute approximate surface area is 80.6 Å². The highest BCUT2D eigenvalue weighted by Gasteiger charge is 1.95. The summed E-state index contributed by atoms with van der Waals surface area (Å²) in [5.74, 6) is 0.871. The molecule has 2 rings (SSSR count). The first-order chi connectivity index (χ1) is 6.34. The van der Waals surface area contributed by atoms with Crippen molar-refractivity contribution in [1.29, 1.82) is 0 Å². The number of nitrogens with zero attached hydrogens (tertiary/aromatic N) is 2. The Morgan fingerprint density at radius 2 is 2.23 bits per heavy atom. The fourth-order valence-electron chi connectivity index (χ4n) is 0.967. The molecule has 0 amide bonds. The Morgan fingerprint density at radius 3 is 2.85 bits per heavy atom. The second kappa shape index (κ2) is 3.53. The molecule has 0 saturated heterocycles. The van der Waals surface area contributed by atoms with Crippen LogP contribution in [0.1, 0.15) is 5.69 Å². The van der Waals surface area contributed by atoms with Crippen molar-refractivity contribution in [1.82, 2.24) is 9.36 Å². The van der Waals surface area contributed by atoms with E-state index in [-0.39, 0.29) is 0 Å². The molecular weight excluding hydrogens is 182 g/mol. The molecule has 3 nitrogen and oxygen atoms in total. The maximum Gasteiger partial charge on any atom is 0.144 e. The van der Waals surface area contributed by atoms with Crippen molar-refractivity contribution in [2.45, 2.75) is 6.92 Å². The number of pyridine rings is 1. The van der Waals surface area contributed by atoms with Gasteiger partial charge in [0.25, 0.3) is 0 Å². The molecule has 4 heteroatoms. The van der Waals surface area contributed by atoms with E-state index in [2.05, 4.69) is 14.7 Å². The van der Waals surface area contributed by atoms with E-state index < -0.39 is 0 Å². The molecule has 2 heterocycles. The maximum absolute atomic E-state index is 4.17. The molecule has 0 bridgehead atoms. The van der Waals surface area contributed by atoms with Crippen molar-refractivity contribution in [2.75, 3.05) is 5.32 Å². The second-order valence-corrected chi connectivity index (χ2v) is 3.36. The molecule has 0 aliphatic heterocycles. The Hall–Kier alpha value is -1.42. The number of hydrogen-bond acceptors (Lipinski definition) is 4. The van der Waals surface area contributed by atoms with Gasteiger partial charge in [-0.25, -0.2) is 0 Å². The van der Waals surface area contributed by atoms with Crippen LogP contribution in [-0.2, 0) is 0 Å². The van der Waals surface area contributed by atoms with Crippen LogP contribution in [0.2, 0.25) is 0 Å². The van der Waals surface area contributed by atoms with Crippen LogP contribution in [0.5, 0.6) is 0 Å². The summed E-state index contributed by atoms with van der Waals surface area (Å²) in [4.78, 5) is 4.17. The lowest BCUT2D eigenvalue weighted by atomic mass is 10.3. The third-order valence-electron chi connectivity index (χ3n) is 1.62. The van der Waals surface area contributed by atoms with Crippen LogP contribution < -0.4 is 5.32 Å². The van der Waals surface area contributed by atoms with Gasteiger partial charge in [-0.1, -0.05) is 0 Å². The standard InChI is InChI=1S/C9H9N3S/c1-7-2-3-8(6-10-7)11-9-4-5-13-12-9/h2-6H,1H3,(H,11,12). The molecule has 0 aliphatic rings. The highest BCUT2D eigenvalue weighted by Crippen LogP contribution is 2.14. The van der Waals surface area contributed by atoms with E-state index in [0.29, 0.717) is 0 Å². The minimum absolute atomic E-state index is 0.871. The summed E-state index contributed by atoms with van der Waals surface area (Å²) in [7, 11) is 0. The number of aryl methyl sites for hydroxylation is 1. The molecule has 0 radical (unpaired) electrons. The zero-order chi connectivity index (χ0) is 9.10. The second-order valence-electron chi connectivity index (χ2n) is 2.70. The molecule has 13 heavy (non-hydrogen) atoms. The first-order valence-corrected chi connectivity index (χ1v) is 4.78. The minimum atomic E-state index is 0.871. The zero-order valence-electron chi connectivity index (χ0n) is 7.19. The molecule has 0 unspecified atom stereocenters. The number of aromatic nitrogens is 2. The van der Waals surface area contributed by atoms with Gasteiger partial charge in [-0.2, -0.15) is 4.37 Å².